The van der Waals surface area contributed by atoms with Gasteiger partial charge in [-0.3, -0.25) is 4.31 Å². The Labute approximate surface area is 123 Å². The van der Waals surface area contributed by atoms with Gasteiger partial charge in [0.25, 0.3) is 10.0 Å². The fourth-order valence-electron chi connectivity index (χ4n) is 1.87. The van der Waals surface area contributed by atoms with Gasteiger partial charge in [-0.15, -0.1) is 0 Å². The van der Waals surface area contributed by atoms with Crippen LogP contribution in [0, 0.1) is 24.1 Å². The third-order valence-electron chi connectivity index (χ3n) is 3.12. The lowest BCUT2D eigenvalue weighted by Gasteiger charge is -2.20. The zero-order chi connectivity index (χ0) is 15.6. The van der Waals surface area contributed by atoms with Crippen LogP contribution >= 0.6 is 0 Å². The Kier molecular flexibility index (Phi) is 3.96. The zero-order valence-corrected chi connectivity index (χ0v) is 12.4. The number of hydrogen-bond acceptors (Lipinski definition) is 3. The molecule has 0 fully saturated rings. The van der Waals surface area contributed by atoms with E-state index in [0.717, 1.165) is 15.9 Å². The maximum atomic E-state index is 13.6. The van der Waals surface area contributed by atoms with Crippen molar-refractivity contribution in [3.8, 4) is 6.07 Å². The minimum Gasteiger partial charge on any atom is -0.269 e. The van der Waals surface area contributed by atoms with Crippen LogP contribution in [-0.2, 0) is 10.0 Å². The quantitative estimate of drug-likeness (QED) is 0.876. The van der Waals surface area contributed by atoms with Crippen molar-refractivity contribution >= 4 is 15.7 Å². The molecule has 0 saturated carbocycles. The molecule has 0 spiro atoms. The number of sulfonamides is 1. The molecule has 0 N–H and O–H groups in total. The molecule has 0 atom stereocenters. The first-order valence-electron chi connectivity index (χ1n) is 6.12. The largest absolute Gasteiger partial charge is 0.269 e. The van der Waals surface area contributed by atoms with Crippen molar-refractivity contribution in [2.24, 2.45) is 0 Å². The first-order chi connectivity index (χ1) is 9.87. The second kappa shape index (κ2) is 5.54. The molecule has 0 aliphatic carbocycles. The minimum absolute atomic E-state index is 0.340. The van der Waals surface area contributed by atoms with Crippen LogP contribution in [0.1, 0.15) is 11.1 Å². The third kappa shape index (κ3) is 2.73. The van der Waals surface area contributed by atoms with E-state index in [1.54, 1.807) is 30.3 Å². The van der Waals surface area contributed by atoms with E-state index < -0.39 is 21.4 Å². The van der Waals surface area contributed by atoms with E-state index >= 15 is 0 Å². The van der Waals surface area contributed by atoms with Gasteiger partial charge in [0.2, 0.25) is 0 Å². The van der Waals surface area contributed by atoms with Gasteiger partial charge < -0.3 is 0 Å². The molecule has 0 unspecified atom stereocenters. The molecule has 0 radical (unpaired) electrons. The lowest BCUT2D eigenvalue weighted by molar-refractivity contribution is 0.588. The maximum absolute atomic E-state index is 13.6. The standard InChI is InChI=1S/C15H13FN2O2S/c1-11-6-8-12(9-7-11)18(2)21(19,20)15-5-3-4-14(16)13(15)10-17/h3-9H,1-2H3. The normalized spacial score (nSPS) is 11.0. The molecule has 2 aromatic carbocycles. The maximum Gasteiger partial charge on any atom is 0.265 e. The van der Waals surface area contributed by atoms with Crippen LogP contribution in [0.15, 0.2) is 47.4 Å². The van der Waals surface area contributed by atoms with Gasteiger partial charge in [-0.05, 0) is 31.2 Å². The molecule has 0 amide bonds. The molecule has 6 heteroatoms. The second-order valence-corrected chi connectivity index (χ2v) is 6.47. The highest BCUT2D eigenvalue weighted by Gasteiger charge is 2.26. The monoisotopic (exact) mass is 304 g/mol. The second-order valence-electron chi connectivity index (χ2n) is 4.53. The van der Waals surface area contributed by atoms with E-state index in [0.29, 0.717) is 5.69 Å². The molecule has 0 saturated heterocycles. The van der Waals surface area contributed by atoms with Crippen LogP contribution in [0.5, 0.6) is 0 Å². The summed E-state index contributed by atoms with van der Waals surface area (Å²) in [7, 11) is -2.63. The highest BCUT2D eigenvalue weighted by molar-refractivity contribution is 7.92. The number of nitriles is 1. The Morgan fingerprint density at radius 1 is 1.14 bits per heavy atom. The number of hydrogen-bond donors (Lipinski definition) is 0. The molecule has 2 rings (SSSR count). The summed E-state index contributed by atoms with van der Waals surface area (Å²) in [5.74, 6) is -0.851. The van der Waals surface area contributed by atoms with Gasteiger partial charge in [-0.1, -0.05) is 23.8 Å². The van der Waals surface area contributed by atoms with E-state index in [1.165, 1.54) is 19.2 Å². The van der Waals surface area contributed by atoms with Gasteiger partial charge >= 0.3 is 0 Å². The molecule has 0 heterocycles. The Morgan fingerprint density at radius 3 is 2.33 bits per heavy atom. The summed E-state index contributed by atoms with van der Waals surface area (Å²) in [4.78, 5) is -0.340. The van der Waals surface area contributed by atoms with Crippen LogP contribution in [0.4, 0.5) is 10.1 Å². The number of halogens is 1. The van der Waals surface area contributed by atoms with Crippen LogP contribution in [0.3, 0.4) is 0 Å². The van der Waals surface area contributed by atoms with E-state index in [4.69, 9.17) is 5.26 Å². The van der Waals surface area contributed by atoms with E-state index in [1.807, 2.05) is 6.92 Å². The molecule has 2 aromatic rings. The van der Waals surface area contributed by atoms with E-state index in [-0.39, 0.29) is 4.90 Å². The summed E-state index contributed by atoms with van der Waals surface area (Å²) in [6.45, 7) is 1.89. The number of nitrogens with zero attached hydrogens (tertiary/aromatic N) is 2. The van der Waals surface area contributed by atoms with Crippen molar-refractivity contribution in [2.75, 3.05) is 11.4 Å². The number of benzene rings is 2. The van der Waals surface area contributed by atoms with Crippen molar-refractivity contribution in [1.82, 2.24) is 0 Å². The third-order valence-corrected chi connectivity index (χ3v) is 4.95. The minimum atomic E-state index is -4.00. The molecule has 4 nitrogen and oxygen atoms in total. The number of rotatable bonds is 3. The number of aryl methyl sites for hydroxylation is 1. The number of anilines is 1. The Morgan fingerprint density at radius 2 is 1.76 bits per heavy atom. The molecule has 0 bridgehead atoms. The van der Waals surface area contributed by atoms with Crippen molar-refractivity contribution < 1.29 is 12.8 Å². The highest BCUT2D eigenvalue weighted by atomic mass is 32.2. The van der Waals surface area contributed by atoms with Gasteiger partial charge in [0.05, 0.1) is 5.69 Å². The van der Waals surface area contributed by atoms with Crippen LogP contribution < -0.4 is 4.31 Å². The van der Waals surface area contributed by atoms with Crippen molar-refractivity contribution in [3.05, 3.63) is 59.4 Å². The summed E-state index contributed by atoms with van der Waals surface area (Å²) in [5.41, 5.74) is 0.957. The topological polar surface area (TPSA) is 61.2 Å². The smallest absolute Gasteiger partial charge is 0.265 e. The Hall–Kier alpha value is -2.39. The molecule has 0 aromatic heterocycles. The fraction of sp³-hybridized carbons (Fsp3) is 0.133. The zero-order valence-electron chi connectivity index (χ0n) is 11.5. The molecule has 0 aliphatic heterocycles. The van der Waals surface area contributed by atoms with Crippen LogP contribution in [0.2, 0.25) is 0 Å². The Balaban J connectivity index is 2.55. The van der Waals surface area contributed by atoms with Crippen LogP contribution in [0.25, 0.3) is 0 Å². The predicted octanol–water partition coefficient (Wildman–Crippen LogP) is 2.83. The van der Waals surface area contributed by atoms with Crippen LogP contribution in [-0.4, -0.2) is 15.5 Å². The summed E-state index contributed by atoms with van der Waals surface area (Å²) >= 11 is 0. The summed E-state index contributed by atoms with van der Waals surface area (Å²) in [6.07, 6.45) is 0. The summed E-state index contributed by atoms with van der Waals surface area (Å²) < 4.78 is 39.7. The predicted molar refractivity (Wildman–Crippen MR) is 77.9 cm³/mol. The lowest BCUT2D eigenvalue weighted by atomic mass is 10.2. The summed E-state index contributed by atoms with van der Waals surface area (Å²) in [6, 6.07) is 12.0. The molecule has 21 heavy (non-hydrogen) atoms. The van der Waals surface area contributed by atoms with Gasteiger partial charge in [0, 0.05) is 7.05 Å². The van der Waals surface area contributed by atoms with Gasteiger partial charge in [0.15, 0.2) is 0 Å². The average Bonchev–Trinajstić information content (AvgIpc) is 2.47. The SMILES string of the molecule is Cc1ccc(N(C)S(=O)(=O)c2cccc(F)c2C#N)cc1. The van der Waals surface area contributed by atoms with Gasteiger partial charge in [-0.25, -0.2) is 12.8 Å². The molecule has 0 aliphatic rings. The molecular weight excluding hydrogens is 291 g/mol. The highest BCUT2D eigenvalue weighted by Crippen LogP contribution is 2.25. The molecule has 108 valence electrons. The summed E-state index contributed by atoms with van der Waals surface area (Å²) in [5, 5.41) is 8.98. The van der Waals surface area contributed by atoms with Crippen molar-refractivity contribution in [3.63, 3.8) is 0 Å². The lowest BCUT2D eigenvalue weighted by Crippen LogP contribution is -2.27. The van der Waals surface area contributed by atoms with Crippen molar-refractivity contribution in [1.29, 1.82) is 5.26 Å². The molecular formula is C15H13FN2O2S. The first-order valence-corrected chi connectivity index (χ1v) is 7.56. The Bertz CT molecular complexity index is 809. The van der Waals surface area contributed by atoms with Gasteiger partial charge in [0.1, 0.15) is 22.3 Å². The van der Waals surface area contributed by atoms with E-state index in [9.17, 15) is 12.8 Å². The van der Waals surface area contributed by atoms with Crippen molar-refractivity contribution in [2.45, 2.75) is 11.8 Å². The fourth-order valence-corrected chi connectivity index (χ4v) is 3.21. The van der Waals surface area contributed by atoms with E-state index in [2.05, 4.69) is 0 Å². The first kappa shape index (κ1) is 15.0. The average molecular weight is 304 g/mol. The van der Waals surface area contributed by atoms with Gasteiger partial charge in [-0.2, -0.15) is 5.26 Å².